The average molecular weight is 364 g/mol. The number of benzene rings is 2. The first kappa shape index (κ1) is 18.2. The molecule has 0 saturated carbocycles. The van der Waals surface area contributed by atoms with E-state index in [1.165, 1.54) is 0 Å². The van der Waals surface area contributed by atoms with E-state index in [0.717, 1.165) is 5.56 Å². The average Bonchev–Trinajstić information content (AvgIpc) is 3.07. The third-order valence-electron chi connectivity index (χ3n) is 3.82. The third-order valence-corrected chi connectivity index (χ3v) is 3.82. The standard InChI is InChI=1S/C20H20N4O3/c1-14-12-18(24-27-14)23-19(25)17(13-15-8-4-2-5-9-15)22-20(26)21-16-10-6-3-7-11-16/h2-12,17H,13H2,1H3,(H2,21,22,26)(H,23,24,25). The van der Waals surface area contributed by atoms with Crippen LogP contribution in [0.5, 0.6) is 0 Å². The monoisotopic (exact) mass is 364 g/mol. The Kier molecular flexibility index (Phi) is 5.84. The predicted molar refractivity (Wildman–Crippen MR) is 102 cm³/mol. The summed E-state index contributed by atoms with van der Waals surface area (Å²) in [6, 6.07) is 18.9. The van der Waals surface area contributed by atoms with Crippen LogP contribution in [0.2, 0.25) is 0 Å². The number of nitrogens with one attached hydrogen (secondary N) is 3. The predicted octanol–water partition coefficient (Wildman–Crippen LogP) is 3.35. The number of hydrogen-bond acceptors (Lipinski definition) is 4. The normalized spacial score (nSPS) is 11.4. The minimum atomic E-state index is -0.784. The maximum Gasteiger partial charge on any atom is 0.319 e. The van der Waals surface area contributed by atoms with Gasteiger partial charge in [-0.05, 0) is 24.6 Å². The van der Waals surface area contributed by atoms with Gasteiger partial charge in [-0.2, -0.15) is 0 Å². The number of urea groups is 1. The second kappa shape index (κ2) is 8.66. The largest absolute Gasteiger partial charge is 0.360 e. The van der Waals surface area contributed by atoms with Crippen LogP contribution >= 0.6 is 0 Å². The lowest BCUT2D eigenvalue weighted by Crippen LogP contribution is -2.47. The molecule has 7 heteroatoms. The van der Waals surface area contributed by atoms with Crippen LogP contribution in [-0.4, -0.2) is 23.1 Å². The maximum absolute atomic E-state index is 12.7. The van der Waals surface area contributed by atoms with Crippen molar-refractivity contribution in [2.75, 3.05) is 10.6 Å². The summed E-state index contributed by atoms with van der Waals surface area (Å²) in [6.45, 7) is 1.73. The van der Waals surface area contributed by atoms with E-state index in [4.69, 9.17) is 4.52 Å². The summed E-state index contributed by atoms with van der Waals surface area (Å²) in [6.07, 6.45) is 0.339. The molecular weight excluding hydrogens is 344 g/mol. The summed E-state index contributed by atoms with van der Waals surface area (Å²) in [5.41, 5.74) is 1.56. The Balaban J connectivity index is 1.70. The van der Waals surface area contributed by atoms with E-state index in [-0.39, 0.29) is 5.91 Å². The number of anilines is 2. The highest BCUT2D eigenvalue weighted by molar-refractivity contribution is 5.98. The molecule has 1 aromatic heterocycles. The molecule has 1 atom stereocenters. The zero-order valence-electron chi connectivity index (χ0n) is 14.8. The highest BCUT2D eigenvalue weighted by atomic mass is 16.5. The number of aryl methyl sites for hydroxylation is 1. The lowest BCUT2D eigenvalue weighted by Gasteiger charge is -2.18. The van der Waals surface area contributed by atoms with E-state index in [1.807, 2.05) is 48.5 Å². The van der Waals surface area contributed by atoms with Crippen LogP contribution in [0.3, 0.4) is 0 Å². The summed E-state index contributed by atoms with van der Waals surface area (Å²) in [4.78, 5) is 25.0. The van der Waals surface area contributed by atoms with Crippen molar-refractivity contribution in [2.45, 2.75) is 19.4 Å². The fourth-order valence-electron chi connectivity index (χ4n) is 2.54. The van der Waals surface area contributed by atoms with Crippen LogP contribution < -0.4 is 16.0 Å². The molecule has 0 saturated heterocycles. The van der Waals surface area contributed by atoms with Crippen molar-refractivity contribution in [1.29, 1.82) is 0 Å². The number of carbonyl (C=O) groups is 2. The first-order chi connectivity index (χ1) is 13.1. The van der Waals surface area contributed by atoms with E-state index in [9.17, 15) is 9.59 Å². The fraction of sp³-hybridized carbons (Fsp3) is 0.150. The number of hydrogen-bond donors (Lipinski definition) is 3. The molecular formula is C20H20N4O3. The van der Waals surface area contributed by atoms with E-state index in [1.54, 1.807) is 25.1 Å². The number of aromatic nitrogens is 1. The van der Waals surface area contributed by atoms with Crippen molar-refractivity contribution in [3.63, 3.8) is 0 Å². The van der Waals surface area contributed by atoms with E-state index in [2.05, 4.69) is 21.1 Å². The van der Waals surface area contributed by atoms with Gasteiger partial charge in [0.2, 0.25) is 5.91 Å². The molecule has 138 valence electrons. The van der Waals surface area contributed by atoms with E-state index >= 15 is 0 Å². The van der Waals surface area contributed by atoms with Crippen molar-refractivity contribution in [1.82, 2.24) is 10.5 Å². The summed E-state index contributed by atoms with van der Waals surface area (Å²) in [7, 11) is 0. The Bertz CT molecular complexity index is 894. The van der Waals surface area contributed by atoms with Crippen molar-refractivity contribution in [2.24, 2.45) is 0 Å². The molecule has 3 aromatic rings. The topological polar surface area (TPSA) is 96.3 Å². The number of nitrogens with zero attached hydrogens (tertiary/aromatic N) is 1. The second-order valence-electron chi connectivity index (χ2n) is 6.02. The van der Waals surface area contributed by atoms with Crippen molar-refractivity contribution < 1.29 is 14.1 Å². The van der Waals surface area contributed by atoms with E-state index in [0.29, 0.717) is 23.7 Å². The second-order valence-corrected chi connectivity index (χ2v) is 6.02. The first-order valence-electron chi connectivity index (χ1n) is 8.51. The molecule has 0 radical (unpaired) electrons. The summed E-state index contributed by atoms with van der Waals surface area (Å²) in [5.74, 6) is 0.510. The van der Waals surface area contributed by atoms with Crippen molar-refractivity contribution in [3.8, 4) is 0 Å². The van der Waals surface area contributed by atoms with Crippen molar-refractivity contribution >= 4 is 23.4 Å². The van der Waals surface area contributed by atoms with Crippen LogP contribution in [-0.2, 0) is 11.2 Å². The first-order valence-corrected chi connectivity index (χ1v) is 8.51. The van der Waals surface area contributed by atoms with Crippen molar-refractivity contribution in [3.05, 3.63) is 78.1 Å². The van der Waals surface area contributed by atoms with Crippen LogP contribution in [0.1, 0.15) is 11.3 Å². The van der Waals surface area contributed by atoms with Gasteiger partial charge < -0.3 is 20.5 Å². The zero-order chi connectivity index (χ0) is 19.1. The number of para-hydroxylation sites is 1. The summed E-state index contributed by atoms with van der Waals surface area (Å²) >= 11 is 0. The smallest absolute Gasteiger partial charge is 0.319 e. The lowest BCUT2D eigenvalue weighted by atomic mass is 10.1. The van der Waals surface area contributed by atoms with Crippen LogP contribution in [0.4, 0.5) is 16.3 Å². The Labute approximate surface area is 156 Å². The van der Waals surface area contributed by atoms with Gasteiger partial charge in [-0.15, -0.1) is 0 Å². The quantitative estimate of drug-likeness (QED) is 0.625. The molecule has 1 heterocycles. The fourth-order valence-corrected chi connectivity index (χ4v) is 2.54. The number of rotatable bonds is 6. The Morgan fingerprint density at radius 2 is 1.67 bits per heavy atom. The van der Waals surface area contributed by atoms with Gasteiger partial charge in [-0.1, -0.05) is 53.7 Å². The van der Waals surface area contributed by atoms with Gasteiger partial charge in [-0.25, -0.2) is 4.79 Å². The molecule has 0 spiro atoms. The van der Waals surface area contributed by atoms with Gasteiger partial charge in [0.05, 0.1) is 0 Å². The van der Waals surface area contributed by atoms with Gasteiger partial charge in [0.1, 0.15) is 11.8 Å². The minimum Gasteiger partial charge on any atom is -0.360 e. The third kappa shape index (κ3) is 5.43. The van der Waals surface area contributed by atoms with Gasteiger partial charge in [0.15, 0.2) is 5.82 Å². The Morgan fingerprint density at radius 1 is 1.00 bits per heavy atom. The molecule has 3 rings (SSSR count). The van der Waals surface area contributed by atoms with E-state index < -0.39 is 12.1 Å². The highest BCUT2D eigenvalue weighted by Crippen LogP contribution is 2.10. The molecule has 0 fully saturated rings. The molecule has 0 bridgehead atoms. The molecule has 0 aliphatic carbocycles. The molecule has 27 heavy (non-hydrogen) atoms. The molecule has 1 unspecified atom stereocenters. The Morgan fingerprint density at radius 3 is 2.30 bits per heavy atom. The summed E-state index contributed by atoms with van der Waals surface area (Å²) < 4.78 is 4.96. The molecule has 3 N–H and O–H groups in total. The number of amides is 3. The SMILES string of the molecule is Cc1cc(NC(=O)C(Cc2ccccc2)NC(=O)Nc2ccccc2)no1. The van der Waals surface area contributed by atoms with Crippen LogP contribution in [0, 0.1) is 6.92 Å². The van der Waals surface area contributed by atoms with Gasteiger partial charge in [-0.3, -0.25) is 4.79 Å². The van der Waals surface area contributed by atoms with Crippen LogP contribution in [0.25, 0.3) is 0 Å². The molecule has 0 aliphatic heterocycles. The number of carbonyl (C=O) groups excluding carboxylic acids is 2. The lowest BCUT2D eigenvalue weighted by molar-refractivity contribution is -0.117. The van der Waals surface area contributed by atoms with Crippen LogP contribution in [0.15, 0.2) is 71.3 Å². The molecule has 2 aromatic carbocycles. The van der Waals surface area contributed by atoms with Gasteiger partial charge in [0, 0.05) is 18.2 Å². The highest BCUT2D eigenvalue weighted by Gasteiger charge is 2.22. The van der Waals surface area contributed by atoms with Gasteiger partial charge in [0.25, 0.3) is 0 Å². The summed E-state index contributed by atoms with van der Waals surface area (Å²) in [5, 5.41) is 11.9. The molecule has 3 amide bonds. The minimum absolute atomic E-state index is 0.306. The Hall–Kier alpha value is -3.61. The molecule has 0 aliphatic rings. The molecule has 7 nitrogen and oxygen atoms in total. The zero-order valence-corrected chi connectivity index (χ0v) is 14.8. The van der Waals surface area contributed by atoms with Gasteiger partial charge >= 0.3 is 6.03 Å². The maximum atomic E-state index is 12.7.